The molecule has 22 heavy (non-hydrogen) atoms. The van der Waals surface area contributed by atoms with Crippen LogP contribution >= 0.6 is 11.6 Å². The first-order valence-electron chi connectivity index (χ1n) is 6.40. The first kappa shape index (κ1) is 14.7. The first-order chi connectivity index (χ1) is 10.5. The van der Waals surface area contributed by atoms with Gasteiger partial charge in [-0.2, -0.15) is 12.8 Å². The Morgan fingerprint density at radius 2 is 1.50 bits per heavy atom. The van der Waals surface area contributed by atoms with Crippen LogP contribution in [0.5, 0.6) is 0 Å². The zero-order valence-corrected chi connectivity index (χ0v) is 12.8. The maximum absolute atomic E-state index is 12.4. The van der Waals surface area contributed by atoms with Gasteiger partial charge in [0.25, 0.3) is 10.0 Å². The van der Waals surface area contributed by atoms with Gasteiger partial charge in [-0.1, -0.05) is 35.9 Å². The van der Waals surface area contributed by atoms with Crippen LogP contribution < -0.4 is 0 Å². The Kier molecular flexibility index (Phi) is 3.68. The molecule has 0 fully saturated rings. The number of fused-ring (bicyclic) bond motifs is 1. The van der Waals surface area contributed by atoms with Crippen LogP contribution in [-0.4, -0.2) is 19.9 Å². The fourth-order valence-electron chi connectivity index (χ4n) is 2.12. The summed E-state index contributed by atoms with van der Waals surface area (Å²) in [7, 11) is -3.87. The van der Waals surface area contributed by atoms with Gasteiger partial charge in [0, 0.05) is 16.1 Å². The van der Waals surface area contributed by atoms with E-state index in [1.165, 1.54) is 36.4 Å². The largest absolute Gasteiger partial charge is 0.289 e. The topological polar surface area (TPSA) is 63.6 Å². The maximum atomic E-state index is 12.4. The minimum atomic E-state index is -3.87. The van der Waals surface area contributed by atoms with Crippen LogP contribution in [0.4, 0.5) is 0 Å². The van der Waals surface area contributed by atoms with Crippen molar-refractivity contribution in [3.05, 3.63) is 76.8 Å². The molecule has 6 heteroatoms. The summed E-state index contributed by atoms with van der Waals surface area (Å²) in [5.41, 5.74) is 1.19. The molecule has 4 nitrogen and oxygen atoms in total. The Hall–Kier alpha value is -2.24. The minimum absolute atomic E-state index is 0.0483. The molecular formula is C16H10ClNO3S. The number of hydrogen-bond donors (Lipinski definition) is 0. The second-order valence-corrected chi connectivity index (χ2v) is 6.69. The minimum Gasteiger partial charge on any atom is -0.289 e. The third-order valence-electron chi connectivity index (χ3n) is 3.19. The van der Waals surface area contributed by atoms with Gasteiger partial charge in [-0.05, 0) is 36.4 Å². The predicted molar refractivity (Wildman–Crippen MR) is 85.1 cm³/mol. The third-order valence-corrected chi connectivity index (χ3v) is 4.75. The third kappa shape index (κ3) is 2.73. The van der Waals surface area contributed by atoms with Crippen LogP contribution in [0.1, 0.15) is 15.9 Å². The number of carbonyl (C=O) groups excluding carboxylic acids is 1. The smallest absolute Gasteiger partial charge is 0.282 e. The van der Waals surface area contributed by atoms with Crippen molar-refractivity contribution in [3.63, 3.8) is 0 Å². The summed E-state index contributed by atoms with van der Waals surface area (Å²) in [5.74, 6) is -0.168. The van der Waals surface area contributed by atoms with Crippen molar-refractivity contribution >= 4 is 33.1 Å². The Bertz CT molecular complexity index is 913. The molecule has 0 aromatic heterocycles. The summed E-state index contributed by atoms with van der Waals surface area (Å²) >= 11 is 5.76. The van der Waals surface area contributed by atoms with Crippen LogP contribution in [0.2, 0.25) is 5.02 Å². The molecule has 1 aliphatic rings. The molecule has 0 atom stereocenters. The molecule has 0 saturated carbocycles. The molecule has 0 radical (unpaired) electrons. The van der Waals surface area contributed by atoms with Crippen LogP contribution in [0.3, 0.4) is 0 Å². The summed E-state index contributed by atoms with van der Waals surface area (Å²) in [6, 6.07) is 12.5. The highest BCUT2D eigenvalue weighted by Crippen LogP contribution is 2.21. The highest BCUT2D eigenvalue weighted by molar-refractivity contribution is 7.90. The highest BCUT2D eigenvalue weighted by Gasteiger charge is 2.20. The molecule has 0 heterocycles. The zero-order valence-electron chi connectivity index (χ0n) is 11.2. The number of rotatable bonds is 2. The van der Waals surface area contributed by atoms with Crippen molar-refractivity contribution < 1.29 is 13.2 Å². The summed E-state index contributed by atoms with van der Waals surface area (Å²) < 4.78 is 28.6. The van der Waals surface area contributed by atoms with E-state index in [1.807, 2.05) is 0 Å². The molecule has 0 bridgehead atoms. The average Bonchev–Trinajstić information content (AvgIpc) is 2.51. The van der Waals surface area contributed by atoms with E-state index in [0.717, 1.165) is 0 Å². The molecule has 0 N–H and O–H groups in total. The van der Waals surface area contributed by atoms with E-state index in [-0.39, 0.29) is 16.4 Å². The van der Waals surface area contributed by atoms with Crippen molar-refractivity contribution in [2.24, 2.45) is 4.40 Å². The number of benzene rings is 2. The standard InChI is InChI=1S/C16H10ClNO3S/c17-11-5-7-12(8-6-11)22(20,21)18-15-9-10-16(19)14-4-2-1-3-13(14)15/h1-10H/b18-15-. The Labute approximate surface area is 132 Å². The second kappa shape index (κ2) is 5.51. The van der Waals surface area contributed by atoms with E-state index in [4.69, 9.17) is 11.6 Å². The van der Waals surface area contributed by atoms with E-state index < -0.39 is 10.0 Å². The van der Waals surface area contributed by atoms with Gasteiger partial charge in [0.05, 0.1) is 10.6 Å². The van der Waals surface area contributed by atoms with Gasteiger partial charge in [-0.25, -0.2) is 0 Å². The molecule has 0 spiro atoms. The monoisotopic (exact) mass is 331 g/mol. The van der Waals surface area contributed by atoms with Crippen molar-refractivity contribution in [2.75, 3.05) is 0 Å². The van der Waals surface area contributed by atoms with E-state index in [9.17, 15) is 13.2 Å². The van der Waals surface area contributed by atoms with Crippen LogP contribution in [-0.2, 0) is 10.0 Å². The lowest BCUT2D eigenvalue weighted by Gasteiger charge is -2.11. The number of ketones is 1. The fourth-order valence-corrected chi connectivity index (χ4v) is 3.25. The number of carbonyl (C=O) groups is 1. The molecule has 0 aliphatic heterocycles. The van der Waals surface area contributed by atoms with Crippen molar-refractivity contribution in [1.29, 1.82) is 0 Å². The second-order valence-electron chi connectivity index (χ2n) is 4.65. The SMILES string of the molecule is O=C1C=C/C(=N/S(=O)(=O)c2ccc(Cl)cc2)c2ccccc21. The van der Waals surface area contributed by atoms with Gasteiger partial charge in [-0.15, -0.1) is 0 Å². The molecule has 0 unspecified atom stereocenters. The van der Waals surface area contributed by atoms with Crippen molar-refractivity contribution in [3.8, 4) is 0 Å². The molecule has 2 aromatic carbocycles. The Balaban J connectivity index is 2.10. The maximum Gasteiger partial charge on any atom is 0.282 e. The number of hydrogen-bond acceptors (Lipinski definition) is 3. The molecule has 1 aliphatic carbocycles. The van der Waals surface area contributed by atoms with Gasteiger partial charge >= 0.3 is 0 Å². The molecular weight excluding hydrogens is 322 g/mol. The average molecular weight is 332 g/mol. The quantitative estimate of drug-likeness (QED) is 0.848. The molecule has 110 valence electrons. The lowest BCUT2D eigenvalue weighted by molar-refractivity contribution is 0.104. The normalized spacial score (nSPS) is 15.9. The first-order valence-corrected chi connectivity index (χ1v) is 8.21. The number of sulfonamides is 1. The van der Waals surface area contributed by atoms with Crippen molar-refractivity contribution in [2.45, 2.75) is 4.90 Å². The summed E-state index contributed by atoms with van der Waals surface area (Å²) in [4.78, 5) is 11.8. The molecule has 0 amide bonds. The van der Waals surface area contributed by atoms with Gasteiger partial charge < -0.3 is 0 Å². The molecule has 2 aromatic rings. The zero-order chi connectivity index (χ0) is 15.7. The van der Waals surface area contributed by atoms with E-state index in [0.29, 0.717) is 16.1 Å². The van der Waals surface area contributed by atoms with Gasteiger partial charge in [0.1, 0.15) is 0 Å². The van der Waals surface area contributed by atoms with Gasteiger partial charge in [0.2, 0.25) is 0 Å². The lowest BCUT2D eigenvalue weighted by atomic mass is 9.95. The summed E-state index contributed by atoms with van der Waals surface area (Å²) in [5, 5.41) is 0.445. The van der Waals surface area contributed by atoms with Crippen LogP contribution in [0.25, 0.3) is 0 Å². The van der Waals surface area contributed by atoms with E-state index >= 15 is 0 Å². The molecule has 0 saturated heterocycles. The number of allylic oxidation sites excluding steroid dienone is 2. The van der Waals surface area contributed by atoms with Gasteiger partial charge in [-0.3, -0.25) is 4.79 Å². The summed E-state index contributed by atoms with van der Waals surface area (Å²) in [6.45, 7) is 0. The van der Waals surface area contributed by atoms with Crippen LogP contribution in [0, 0.1) is 0 Å². The van der Waals surface area contributed by atoms with Gasteiger partial charge in [0.15, 0.2) is 5.78 Å². The number of nitrogens with zero attached hydrogens (tertiary/aromatic N) is 1. The van der Waals surface area contributed by atoms with Crippen molar-refractivity contribution in [1.82, 2.24) is 0 Å². The van der Waals surface area contributed by atoms with E-state index in [2.05, 4.69) is 4.40 Å². The summed E-state index contributed by atoms with van der Waals surface area (Å²) in [6.07, 6.45) is 2.73. The highest BCUT2D eigenvalue weighted by atomic mass is 35.5. The Morgan fingerprint density at radius 3 is 2.18 bits per heavy atom. The Morgan fingerprint density at radius 1 is 0.864 bits per heavy atom. The van der Waals surface area contributed by atoms with E-state index in [1.54, 1.807) is 24.3 Å². The predicted octanol–water partition coefficient (Wildman–Crippen LogP) is 3.27. The fraction of sp³-hybridized carbons (Fsp3) is 0. The lowest BCUT2D eigenvalue weighted by Crippen LogP contribution is -2.14. The number of halogens is 1. The molecule has 3 rings (SSSR count). The van der Waals surface area contributed by atoms with Crippen LogP contribution in [0.15, 0.2) is 70.0 Å².